The zero-order valence-electron chi connectivity index (χ0n) is 14.2. The second kappa shape index (κ2) is 7.59. The fraction of sp³-hybridized carbons (Fsp3) is 0.300. The third-order valence-electron chi connectivity index (χ3n) is 4.53. The largest absolute Gasteiger partial charge is 0.444 e. The van der Waals surface area contributed by atoms with Crippen molar-refractivity contribution in [1.29, 1.82) is 0 Å². The van der Waals surface area contributed by atoms with Crippen LogP contribution in [-0.4, -0.2) is 45.9 Å². The first kappa shape index (κ1) is 16.0. The van der Waals surface area contributed by atoms with Gasteiger partial charge in [-0.15, -0.1) is 0 Å². The second-order valence-corrected chi connectivity index (χ2v) is 6.38. The molecule has 0 N–H and O–H groups in total. The Balaban J connectivity index is 1.30. The summed E-state index contributed by atoms with van der Waals surface area (Å²) in [4.78, 5) is 13.9. The standard InChI is InChI=1S/C20H22N4O/c1-2-6-17(7-3-1)20-22-19(16-25-20)15-24-12-10-23(11-13-24)14-18-8-4-5-9-21-18/h1-9,16H,10-15H2. The highest BCUT2D eigenvalue weighted by Gasteiger charge is 2.18. The SMILES string of the molecule is c1ccc(-c2nc(CN3CCN(Cc4ccccn4)CC3)co2)cc1. The lowest BCUT2D eigenvalue weighted by Crippen LogP contribution is -2.45. The lowest BCUT2D eigenvalue weighted by Gasteiger charge is -2.34. The minimum absolute atomic E-state index is 0.699. The predicted octanol–water partition coefficient (Wildman–Crippen LogP) is 3.05. The highest BCUT2D eigenvalue weighted by Crippen LogP contribution is 2.19. The van der Waals surface area contributed by atoms with Crippen molar-refractivity contribution >= 4 is 0 Å². The van der Waals surface area contributed by atoms with Crippen molar-refractivity contribution in [2.75, 3.05) is 26.2 Å². The third kappa shape index (κ3) is 4.13. The molecule has 0 amide bonds. The maximum Gasteiger partial charge on any atom is 0.226 e. The number of pyridine rings is 1. The maximum absolute atomic E-state index is 5.64. The van der Waals surface area contributed by atoms with Crippen LogP contribution in [0, 0.1) is 0 Å². The zero-order valence-corrected chi connectivity index (χ0v) is 14.2. The maximum atomic E-state index is 5.64. The number of piperazine rings is 1. The summed E-state index contributed by atoms with van der Waals surface area (Å²) >= 11 is 0. The summed E-state index contributed by atoms with van der Waals surface area (Å²) in [7, 11) is 0. The van der Waals surface area contributed by atoms with E-state index in [9.17, 15) is 0 Å². The Kier molecular flexibility index (Phi) is 4.86. The van der Waals surface area contributed by atoms with Gasteiger partial charge in [-0.1, -0.05) is 24.3 Å². The number of aromatic nitrogens is 2. The Morgan fingerprint density at radius 2 is 1.48 bits per heavy atom. The first-order chi connectivity index (χ1) is 12.4. The summed E-state index contributed by atoms with van der Waals surface area (Å²) < 4.78 is 5.64. The van der Waals surface area contributed by atoms with Crippen molar-refractivity contribution in [2.24, 2.45) is 0 Å². The molecule has 3 aromatic rings. The van der Waals surface area contributed by atoms with Crippen molar-refractivity contribution in [3.63, 3.8) is 0 Å². The van der Waals surface area contributed by atoms with Gasteiger partial charge in [-0.3, -0.25) is 14.8 Å². The summed E-state index contributed by atoms with van der Waals surface area (Å²) in [5.74, 6) is 0.699. The number of nitrogens with zero attached hydrogens (tertiary/aromatic N) is 4. The molecule has 128 valence electrons. The highest BCUT2D eigenvalue weighted by molar-refractivity contribution is 5.52. The fourth-order valence-corrected chi connectivity index (χ4v) is 3.15. The van der Waals surface area contributed by atoms with E-state index in [1.54, 1.807) is 6.26 Å². The number of oxazole rings is 1. The van der Waals surface area contributed by atoms with Crippen LogP contribution in [0.1, 0.15) is 11.4 Å². The van der Waals surface area contributed by atoms with Gasteiger partial charge >= 0.3 is 0 Å². The Labute approximate surface area is 147 Å². The van der Waals surface area contributed by atoms with Crippen LogP contribution in [0.2, 0.25) is 0 Å². The Morgan fingerprint density at radius 1 is 0.800 bits per heavy atom. The van der Waals surface area contributed by atoms with Crippen LogP contribution < -0.4 is 0 Å². The molecule has 1 aliphatic heterocycles. The predicted molar refractivity (Wildman–Crippen MR) is 96.7 cm³/mol. The minimum Gasteiger partial charge on any atom is -0.444 e. The first-order valence-corrected chi connectivity index (χ1v) is 8.71. The average Bonchev–Trinajstić information content (AvgIpc) is 3.14. The minimum atomic E-state index is 0.699. The van der Waals surface area contributed by atoms with E-state index in [2.05, 4.69) is 25.8 Å². The van der Waals surface area contributed by atoms with Gasteiger partial charge in [-0.25, -0.2) is 4.98 Å². The van der Waals surface area contributed by atoms with Gasteiger partial charge in [0.05, 0.1) is 11.4 Å². The van der Waals surface area contributed by atoms with Gasteiger partial charge in [0.15, 0.2) is 0 Å². The van der Waals surface area contributed by atoms with Crippen LogP contribution in [0.4, 0.5) is 0 Å². The molecule has 1 fully saturated rings. The summed E-state index contributed by atoms with van der Waals surface area (Å²) in [5.41, 5.74) is 3.16. The monoisotopic (exact) mass is 334 g/mol. The number of hydrogen-bond acceptors (Lipinski definition) is 5. The molecule has 1 saturated heterocycles. The average molecular weight is 334 g/mol. The van der Waals surface area contributed by atoms with Gasteiger partial charge in [0.25, 0.3) is 0 Å². The first-order valence-electron chi connectivity index (χ1n) is 8.71. The van der Waals surface area contributed by atoms with Crippen molar-refractivity contribution in [2.45, 2.75) is 13.1 Å². The van der Waals surface area contributed by atoms with Crippen molar-refractivity contribution in [3.05, 3.63) is 72.4 Å². The molecule has 0 spiro atoms. The molecule has 25 heavy (non-hydrogen) atoms. The molecule has 1 aromatic carbocycles. The van der Waals surface area contributed by atoms with E-state index in [0.29, 0.717) is 5.89 Å². The van der Waals surface area contributed by atoms with Gasteiger partial charge in [-0.05, 0) is 24.3 Å². The lowest BCUT2D eigenvalue weighted by molar-refractivity contribution is 0.120. The van der Waals surface area contributed by atoms with E-state index in [-0.39, 0.29) is 0 Å². The van der Waals surface area contributed by atoms with Crippen molar-refractivity contribution in [3.8, 4) is 11.5 Å². The summed E-state index contributed by atoms with van der Waals surface area (Å²) in [6.45, 7) is 5.96. The van der Waals surface area contributed by atoms with E-state index < -0.39 is 0 Å². The van der Waals surface area contributed by atoms with Gasteiger partial charge in [0, 0.05) is 51.0 Å². The molecule has 0 radical (unpaired) electrons. The van der Waals surface area contributed by atoms with Crippen molar-refractivity contribution in [1.82, 2.24) is 19.8 Å². The highest BCUT2D eigenvalue weighted by atomic mass is 16.3. The van der Waals surface area contributed by atoms with Crippen molar-refractivity contribution < 1.29 is 4.42 Å². The lowest BCUT2D eigenvalue weighted by atomic mass is 10.2. The summed E-state index contributed by atoms with van der Waals surface area (Å²) in [6.07, 6.45) is 3.64. The smallest absolute Gasteiger partial charge is 0.226 e. The van der Waals surface area contributed by atoms with E-state index >= 15 is 0 Å². The molecule has 4 rings (SSSR count). The van der Waals surface area contributed by atoms with Crippen LogP contribution in [0.5, 0.6) is 0 Å². The fourth-order valence-electron chi connectivity index (χ4n) is 3.15. The van der Waals surface area contributed by atoms with E-state index in [1.807, 2.05) is 48.7 Å². The number of hydrogen-bond donors (Lipinski definition) is 0. The normalized spacial score (nSPS) is 16.2. The molecule has 2 aromatic heterocycles. The molecular weight excluding hydrogens is 312 g/mol. The molecular formula is C20H22N4O. The van der Waals surface area contributed by atoms with Gasteiger partial charge in [-0.2, -0.15) is 0 Å². The molecule has 0 bridgehead atoms. The van der Waals surface area contributed by atoms with E-state index in [4.69, 9.17) is 4.42 Å². The Bertz CT molecular complexity index is 780. The molecule has 0 saturated carbocycles. The third-order valence-corrected chi connectivity index (χ3v) is 4.53. The Morgan fingerprint density at radius 3 is 2.16 bits per heavy atom. The summed E-state index contributed by atoms with van der Waals surface area (Å²) in [6, 6.07) is 16.1. The molecule has 1 aliphatic rings. The van der Waals surface area contributed by atoms with E-state index in [0.717, 1.165) is 56.2 Å². The van der Waals surface area contributed by atoms with Crippen LogP contribution in [0.3, 0.4) is 0 Å². The number of rotatable bonds is 5. The second-order valence-electron chi connectivity index (χ2n) is 6.38. The molecule has 3 heterocycles. The van der Waals surface area contributed by atoms with Crippen LogP contribution in [-0.2, 0) is 13.1 Å². The van der Waals surface area contributed by atoms with Crippen LogP contribution >= 0.6 is 0 Å². The summed E-state index contributed by atoms with van der Waals surface area (Å²) in [5, 5.41) is 0. The zero-order chi connectivity index (χ0) is 16.9. The molecule has 5 heteroatoms. The van der Waals surface area contributed by atoms with Crippen LogP contribution in [0.15, 0.2) is 65.4 Å². The molecule has 0 aliphatic carbocycles. The number of benzene rings is 1. The molecule has 0 atom stereocenters. The Hall–Kier alpha value is -2.50. The van der Waals surface area contributed by atoms with Gasteiger partial charge < -0.3 is 4.42 Å². The topological polar surface area (TPSA) is 45.4 Å². The molecule has 5 nitrogen and oxygen atoms in total. The quantitative estimate of drug-likeness (QED) is 0.717. The molecule has 0 unspecified atom stereocenters. The van der Waals surface area contributed by atoms with Gasteiger partial charge in [0.1, 0.15) is 6.26 Å². The van der Waals surface area contributed by atoms with Crippen LogP contribution in [0.25, 0.3) is 11.5 Å². The van der Waals surface area contributed by atoms with E-state index in [1.165, 1.54) is 0 Å². The van der Waals surface area contributed by atoms with Gasteiger partial charge in [0.2, 0.25) is 5.89 Å².